The normalized spacial score (nSPS) is 11.0. The van der Waals surface area contributed by atoms with E-state index in [2.05, 4.69) is 47.0 Å². The Bertz CT molecular complexity index is 1830. The Hall–Kier alpha value is -5.57. The number of urea groups is 1. The zero-order valence-electron chi connectivity index (χ0n) is 26.0. The van der Waals surface area contributed by atoms with E-state index in [0.29, 0.717) is 34.4 Å². The average molecular weight is 604 g/mol. The van der Waals surface area contributed by atoms with E-state index < -0.39 is 6.03 Å². The van der Waals surface area contributed by atoms with Crippen molar-refractivity contribution < 1.29 is 19.1 Å². The molecule has 9 nitrogen and oxygen atoms in total. The van der Waals surface area contributed by atoms with Crippen LogP contribution in [-0.4, -0.2) is 24.0 Å². The number of amides is 3. The lowest BCUT2D eigenvalue weighted by Gasteiger charge is -2.24. The van der Waals surface area contributed by atoms with Crippen LogP contribution in [0.2, 0.25) is 0 Å². The maximum Gasteiger partial charge on any atom is 0.323 e. The van der Waals surface area contributed by atoms with Crippen LogP contribution in [0.3, 0.4) is 0 Å². The van der Waals surface area contributed by atoms with Gasteiger partial charge in [-0.05, 0) is 53.4 Å². The van der Waals surface area contributed by atoms with Crippen LogP contribution < -0.4 is 30.7 Å². The summed E-state index contributed by atoms with van der Waals surface area (Å²) in [6, 6.07) is 28.2. The van der Waals surface area contributed by atoms with Gasteiger partial charge >= 0.3 is 6.03 Å². The highest BCUT2D eigenvalue weighted by Crippen LogP contribution is 2.37. The molecule has 0 atom stereocenters. The predicted molar refractivity (Wildman–Crippen MR) is 180 cm³/mol. The average Bonchev–Trinajstić information content (AvgIpc) is 3.01. The summed E-state index contributed by atoms with van der Waals surface area (Å²) in [4.78, 5) is 29.4. The number of carbonyl (C=O) groups is 2. The van der Waals surface area contributed by atoms with E-state index in [1.807, 2.05) is 84.9 Å². The molecule has 4 aromatic carbocycles. The molecule has 0 saturated carbocycles. The summed E-state index contributed by atoms with van der Waals surface area (Å²) >= 11 is 0. The highest BCUT2D eigenvalue weighted by atomic mass is 16.5. The highest BCUT2D eigenvalue weighted by Gasteiger charge is 2.21. The van der Waals surface area contributed by atoms with Crippen molar-refractivity contribution in [1.82, 2.24) is 10.3 Å². The maximum atomic E-state index is 13.4. The molecule has 3 amide bonds. The molecule has 9 heteroatoms. The van der Waals surface area contributed by atoms with Crippen molar-refractivity contribution in [3.8, 4) is 17.2 Å². The predicted octanol–water partition coefficient (Wildman–Crippen LogP) is 8.36. The minimum Gasteiger partial charge on any atom is -0.494 e. The Labute approximate surface area is 263 Å². The van der Waals surface area contributed by atoms with Crippen LogP contribution >= 0.6 is 0 Å². The molecule has 0 aliphatic rings. The number of pyridine rings is 1. The van der Waals surface area contributed by atoms with Crippen LogP contribution in [0, 0.1) is 0 Å². The number of aromatic nitrogens is 1. The van der Waals surface area contributed by atoms with Crippen molar-refractivity contribution in [3.05, 3.63) is 108 Å². The molecule has 0 fully saturated rings. The van der Waals surface area contributed by atoms with Gasteiger partial charge in [0.25, 0.3) is 0 Å². The quantitative estimate of drug-likeness (QED) is 0.135. The molecular weight excluding hydrogens is 566 g/mol. The fourth-order valence-electron chi connectivity index (χ4n) is 4.89. The van der Waals surface area contributed by atoms with Crippen molar-refractivity contribution in [3.63, 3.8) is 0 Å². The van der Waals surface area contributed by atoms with Gasteiger partial charge in [0.1, 0.15) is 23.1 Å². The van der Waals surface area contributed by atoms with Crippen molar-refractivity contribution in [2.75, 3.05) is 23.1 Å². The van der Waals surface area contributed by atoms with Crippen LogP contribution in [0.4, 0.5) is 27.7 Å². The fourth-order valence-corrected chi connectivity index (χ4v) is 4.89. The molecule has 0 bridgehead atoms. The molecule has 0 unspecified atom stereocenters. The van der Waals surface area contributed by atoms with Gasteiger partial charge in [-0.15, -0.1) is 0 Å². The Balaban J connectivity index is 1.39. The number of ether oxygens (including phenoxy) is 2. The first kappa shape index (κ1) is 30.9. The Kier molecular flexibility index (Phi) is 9.18. The molecular formula is C36H37N5O4. The van der Waals surface area contributed by atoms with Gasteiger partial charge in [-0.2, -0.15) is 0 Å². The largest absolute Gasteiger partial charge is 0.494 e. The Morgan fingerprint density at radius 1 is 0.822 bits per heavy atom. The number of rotatable bonds is 9. The van der Waals surface area contributed by atoms with Gasteiger partial charge in [0.15, 0.2) is 0 Å². The van der Waals surface area contributed by atoms with Gasteiger partial charge < -0.3 is 30.7 Å². The molecule has 0 aliphatic carbocycles. The second-order valence-electron chi connectivity index (χ2n) is 11.6. The molecule has 0 spiro atoms. The van der Waals surface area contributed by atoms with Gasteiger partial charge in [-0.1, -0.05) is 63.2 Å². The smallest absolute Gasteiger partial charge is 0.323 e. The van der Waals surface area contributed by atoms with E-state index >= 15 is 0 Å². The van der Waals surface area contributed by atoms with Crippen LogP contribution in [0.1, 0.15) is 38.8 Å². The van der Waals surface area contributed by atoms with Crippen molar-refractivity contribution >= 4 is 45.6 Å². The van der Waals surface area contributed by atoms with Crippen LogP contribution in [0.5, 0.6) is 17.2 Å². The van der Waals surface area contributed by atoms with Crippen molar-refractivity contribution in [2.45, 2.75) is 39.7 Å². The van der Waals surface area contributed by atoms with Gasteiger partial charge in [0, 0.05) is 47.8 Å². The molecule has 0 saturated heterocycles. The molecule has 230 valence electrons. The number of anilines is 4. The van der Waals surface area contributed by atoms with Crippen molar-refractivity contribution in [2.24, 2.45) is 0 Å². The third-order valence-electron chi connectivity index (χ3n) is 7.15. The lowest BCUT2D eigenvalue weighted by Crippen LogP contribution is -2.23. The van der Waals surface area contributed by atoms with Crippen LogP contribution in [-0.2, 0) is 16.8 Å². The summed E-state index contributed by atoms with van der Waals surface area (Å²) in [5.41, 5.74) is 3.59. The molecule has 0 aliphatic heterocycles. The number of carbonyl (C=O) groups excluding carboxylic acids is 2. The van der Waals surface area contributed by atoms with Gasteiger partial charge in [0.2, 0.25) is 5.91 Å². The summed E-state index contributed by atoms with van der Waals surface area (Å²) in [5.74, 6) is 2.24. The van der Waals surface area contributed by atoms with Crippen LogP contribution in [0.25, 0.3) is 10.8 Å². The molecule has 1 aromatic heterocycles. The lowest BCUT2D eigenvalue weighted by atomic mass is 9.85. The highest BCUT2D eigenvalue weighted by molar-refractivity contribution is 6.08. The molecule has 4 N–H and O–H groups in total. The van der Waals surface area contributed by atoms with E-state index in [-0.39, 0.29) is 17.9 Å². The number of benzene rings is 4. The molecule has 5 aromatic rings. The SMILES string of the molecule is COc1c(CNC(C)=O)cc(C(C)(C)C)cc1NC(=O)Nc1ccc(Oc2ccnc(Nc3ccccc3)c2)c2ccccc12. The molecule has 5 rings (SSSR count). The monoisotopic (exact) mass is 603 g/mol. The molecule has 45 heavy (non-hydrogen) atoms. The summed E-state index contributed by atoms with van der Waals surface area (Å²) < 4.78 is 12.0. The van der Waals surface area contributed by atoms with E-state index in [1.165, 1.54) is 6.92 Å². The standard InChI is InChI=1S/C36H37N5O4/c1-23(42)38-22-24-19-25(36(2,3)4)20-31(34(24)44-5)41-35(43)40-30-15-16-32(29-14-10-9-13-28(29)30)45-27-17-18-37-33(21-27)39-26-11-7-6-8-12-26/h6-21H,22H2,1-5H3,(H,37,39)(H,38,42)(H2,40,41,43). The minimum absolute atomic E-state index is 0.155. The lowest BCUT2D eigenvalue weighted by molar-refractivity contribution is -0.119. The first-order valence-corrected chi connectivity index (χ1v) is 14.6. The maximum absolute atomic E-state index is 13.4. The zero-order chi connectivity index (χ0) is 32.0. The van der Waals surface area contributed by atoms with Gasteiger partial charge in [0.05, 0.1) is 18.5 Å². The number of hydrogen-bond donors (Lipinski definition) is 4. The Morgan fingerprint density at radius 2 is 1.53 bits per heavy atom. The number of nitrogens with zero attached hydrogens (tertiary/aromatic N) is 1. The van der Waals surface area contributed by atoms with E-state index in [1.54, 1.807) is 19.4 Å². The minimum atomic E-state index is -0.436. The second kappa shape index (κ2) is 13.4. The van der Waals surface area contributed by atoms with Crippen molar-refractivity contribution in [1.29, 1.82) is 0 Å². The fraction of sp³-hybridized carbons (Fsp3) is 0.194. The summed E-state index contributed by atoms with van der Waals surface area (Å²) in [6.07, 6.45) is 1.69. The van der Waals surface area contributed by atoms with E-state index in [9.17, 15) is 9.59 Å². The number of nitrogens with one attached hydrogen (secondary N) is 4. The zero-order valence-corrected chi connectivity index (χ0v) is 26.0. The molecule has 1 heterocycles. The number of fused-ring (bicyclic) bond motifs is 1. The van der Waals surface area contributed by atoms with Crippen LogP contribution in [0.15, 0.2) is 97.2 Å². The first-order chi connectivity index (χ1) is 21.6. The van der Waals surface area contributed by atoms with E-state index in [4.69, 9.17) is 9.47 Å². The third kappa shape index (κ3) is 7.69. The number of methoxy groups -OCH3 is 1. The topological polar surface area (TPSA) is 114 Å². The van der Waals surface area contributed by atoms with Gasteiger partial charge in [-0.25, -0.2) is 9.78 Å². The Morgan fingerprint density at radius 3 is 2.24 bits per heavy atom. The summed E-state index contributed by atoms with van der Waals surface area (Å²) in [5, 5.41) is 13.7. The molecule has 0 radical (unpaired) electrons. The third-order valence-corrected chi connectivity index (χ3v) is 7.15. The number of hydrogen-bond acceptors (Lipinski definition) is 6. The summed E-state index contributed by atoms with van der Waals surface area (Å²) in [7, 11) is 1.54. The summed E-state index contributed by atoms with van der Waals surface area (Å²) in [6.45, 7) is 7.99. The first-order valence-electron chi connectivity index (χ1n) is 14.6. The second-order valence-corrected chi connectivity index (χ2v) is 11.6. The number of para-hydroxylation sites is 1. The van der Waals surface area contributed by atoms with E-state index in [0.717, 1.165) is 27.6 Å². The van der Waals surface area contributed by atoms with Gasteiger partial charge in [-0.3, -0.25) is 4.79 Å².